The predicted octanol–water partition coefficient (Wildman–Crippen LogP) is 3.66. The molecule has 138 valence electrons. The van der Waals surface area contributed by atoms with Crippen molar-refractivity contribution in [1.82, 2.24) is 10.3 Å². The zero-order valence-electron chi connectivity index (χ0n) is 15.3. The van der Waals surface area contributed by atoms with Gasteiger partial charge in [0.2, 0.25) is 0 Å². The van der Waals surface area contributed by atoms with Gasteiger partial charge in [-0.2, -0.15) is 0 Å². The van der Waals surface area contributed by atoms with Gasteiger partial charge in [-0.1, -0.05) is 31.3 Å². The molecule has 6 nitrogen and oxygen atoms in total. The van der Waals surface area contributed by atoms with Crippen molar-refractivity contribution >= 4 is 34.0 Å². The van der Waals surface area contributed by atoms with Crippen molar-refractivity contribution in [2.45, 2.75) is 39.7 Å². The Labute approximate surface area is 157 Å². The number of rotatable bonds is 7. The van der Waals surface area contributed by atoms with Crippen LogP contribution in [0.5, 0.6) is 0 Å². The van der Waals surface area contributed by atoms with E-state index in [1.807, 2.05) is 13.0 Å². The van der Waals surface area contributed by atoms with E-state index in [-0.39, 0.29) is 11.8 Å². The lowest BCUT2D eigenvalue weighted by molar-refractivity contribution is 0.0949. The number of nitrogens with zero attached hydrogens (tertiary/aromatic N) is 1. The third kappa shape index (κ3) is 4.82. The molecule has 1 heterocycles. The highest BCUT2D eigenvalue weighted by molar-refractivity contribution is 7.17. The highest BCUT2D eigenvalue weighted by Gasteiger charge is 2.24. The van der Waals surface area contributed by atoms with Crippen molar-refractivity contribution < 1.29 is 9.59 Å². The number of amides is 2. The van der Waals surface area contributed by atoms with Crippen LogP contribution in [0.3, 0.4) is 0 Å². The number of hydrogen-bond acceptors (Lipinski definition) is 5. The second-order valence-corrected chi connectivity index (χ2v) is 8.07. The Morgan fingerprint density at radius 2 is 2.04 bits per heavy atom. The first-order valence-electron chi connectivity index (χ1n) is 8.85. The molecular formula is C19H24N4O2S. The van der Waals surface area contributed by atoms with Crippen molar-refractivity contribution in [3.63, 3.8) is 0 Å². The van der Waals surface area contributed by atoms with Gasteiger partial charge in [-0.3, -0.25) is 9.59 Å². The smallest absolute Gasteiger partial charge is 0.267 e. The van der Waals surface area contributed by atoms with Crippen LogP contribution in [0.25, 0.3) is 0 Å². The minimum absolute atomic E-state index is 0.0963. The summed E-state index contributed by atoms with van der Waals surface area (Å²) in [7, 11) is 0. The molecule has 26 heavy (non-hydrogen) atoms. The fourth-order valence-electron chi connectivity index (χ4n) is 2.33. The summed E-state index contributed by atoms with van der Waals surface area (Å²) in [5.41, 5.74) is 2.11. The van der Waals surface area contributed by atoms with Crippen LogP contribution in [0.1, 0.15) is 52.3 Å². The van der Waals surface area contributed by atoms with Crippen LogP contribution < -0.4 is 16.0 Å². The Morgan fingerprint density at radius 1 is 1.27 bits per heavy atom. The Balaban J connectivity index is 1.67. The normalized spacial score (nSPS) is 13.5. The number of carbonyl (C=O) groups is 2. The maximum atomic E-state index is 12.5. The first kappa shape index (κ1) is 18.4. The number of anilines is 2. The Morgan fingerprint density at radius 3 is 2.73 bits per heavy atom. The van der Waals surface area contributed by atoms with Crippen LogP contribution in [-0.4, -0.2) is 29.4 Å². The molecule has 0 spiro atoms. The van der Waals surface area contributed by atoms with Crippen molar-refractivity contribution in [2.24, 2.45) is 5.92 Å². The summed E-state index contributed by atoms with van der Waals surface area (Å²) in [6, 6.07) is 5.66. The molecule has 0 atom stereocenters. The van der Waals surface area contributed by atoms with Gasteiger partial charge >= 0.3 is 0 Å². The van der Waals surface area contributed by atoms with Gasteiger partial charge < -0.3 is 16.0 Å². The number of aryl methyl sites for hydroxylation is 1. The molecule has 0 saturated heterocycles. The summed E-state index contributed by atoms with van der Waals surface area (Å²) in [5.74, 6) is 0.187. The molecule has 2 aromatic rings. The van der Waals surface area contributed by atoms with Gasteiger partial charge in [0.25, 0.3) is 11.8 Å². The summed E-state index contributed by atoms with van der Waals surface area (Å²) in [5, 5.41) is 9.80. The zero-order valence-corrected chi connectivity index (χ0v) is 16.1. The average molecular weight is 372 g/mol. The SMILES string of the molecule is Cc1ccc(C(=O)NC2CC2)cc1NC(=O)c1cnc(NCC(C)C)s1. The topological polar surface area (TPSA) is 83.1 Å². The van der Waals surface area contributed by atoms with E-state index in [1.165, 1.54) is 11.3 Å². The van der Waals surface area contributed by atoms with Gasteiger partial charge in [-0.05, 0) is 43.4 Å². The Kier molecular flexibility index (Phi) is 5.56. The van der Waals surface area contributed by atoms with Crippen LogP contribution in [0, 0.1) is 12.8 Å². The second kappa shape index (κ2) is 7.86. The van der Waals surface area contributed by atoms with E-state index in [0.29, 0.717) is 28.1 Å². The van der Waals surface area contributed by atoms with Crippen molar-refractivity contribution in [2.75, 3.05) is 17.2 Å². The van der Waals surface area contributed by atoms with Gasteiger partial charge in [0.1, 0.15) is 4.88 Å². The third-order valence-corrected chi connectivity index (χ3v) is 5.01. The van der Waals surface area contributed by atoms with Crippen LogP contribution >= 0.6 is 11.3 Å². The molecule has 3 N–H and O–H groups in total. The second-order valence-electron chi connectivity index (χ2n) is 7.04. The summed E-state index contributed by atoms with van der Waals surface area (Å²) >= 11 is 1.32. The highest BCUT2D eigenvalue weighted by Crippen LogP contribution is 2.23. The molecule has 0 radical (unpaired) electrons. The van der Waals surface area contributed by atoms with Gasteiger partial charge in [-0.15, -0.1) is 0 Å². The lowest BCUT2D eigenvalue weighted by Crippen LogP contribution is -2.25. The molecule has 1 aromatic carbocycles. The van der Waals surface area contributed by atoms with Gasteiger partial charge in [-0.25, -0.2) is 4.98 Å². The maximum absolute atomic E-state index is 12.5. The Bertz CT molecular complexity index is 812. The summed E-state index contributed by atoms with van der Waals surface area (Å²) in [6.07, 6.45) is 3.65. The number of benzene rings is 1. The van der Waals surface area contributed by atoms with Crippen LogP contribution in [0.2, 0.25) is 0 Å². The average Bonchev–Trinajstić information content (AvgIpc) is 3.28. The Hall–Kier alpha value is -2.41. The fraction of sp³-hybridized carbons (Fsp3) is 0.421. The number of nitrogens with one attached hydrogen (secondary N) is 3. The van der Waals surface area contributed by atoms with Crippen molar-refractivity contribution in [3.05, 3.63) is 40.4 Å². The van der Waals surface area contributed by atoms with Gasteiger partial charge in [0, 0.05) is 23.8 Å². The number of hydrogen-bond donors (Lipinski definition) is 3. The quantitative estimate of drug-likeness (QED) is 0.692. The maximum Gasteiger partial charge on any atom is 0.267 e. The number of carbonyl (C=O) groups excluding carboxylic acids is 2. The molecule has 0 bridgehead atoms. The third-order valence-electron chi connectivity index (χ3n) is 4.05. The van der Waals surface area contributed by atoms with E-state index in [1.54, 1.807) is 18.3 Å². The standard InChI is InChI=1S/C19H24N4O2S/c1-11(2)9-20-19-21-10-16(26-19)18(25)23-15-8-13(5-4-12(15)3)17(24)22-14-6-7-14/h4-5,8,10-11,14H,6-7,9H2,1-3H3,(H,20,21)(H,22,24)(H,23,25). The van der Waals surface area contributed by atoms with Crippen LogP contribution in [-0.2, 0) is 0 Å². The summed E-state index contributed by atoms with van der Waals surface area (Å²) in [6.45, 7) is 6.94. The first-order chi connectivity index (χ1) is 12.4. The number of aromatic nitrogens is 1. The van der Waals surface area contributed by atoms with Crippen LogP contribution in [0.4, 0.5) is 10.8 Å². The van der Waals surface area contributed by atoms with E-state index >= 15 is 0 Å². The molecule has 1 fully saturated rings. The fourth-order valence-corrected chi connectivity index (χ4v) is 3.05. The molecule has 2 amide bonds. The highest BCUT2D eigenvalue weighted by atomic mass is 32.1. The molecular weight excluding hydrogens is 348 g/mol. The lowest BCUT2D eigenvalue weighted by atomic mass is 10.1. The lowest BCUT2D eigenvalue weighted by Gasteiger charge is -2.10. The molecule has 1 aromatic heterocycles. The van der Waals surface area contributed by atoms with Crippen molar-refractivity contribution in [1.29, 1.82) is 0 Å². The van der Waals surface area contributed by atoms with E-state index < -0.39 is 0 Å². The molecule has 1 aliphatic carbocycles. The van der Waals surface area contributed by atoms with Gasteiger partial charge in [0.05, 0.1) is 6.20 Å². The van der Waals surface area contributed by atoms with E-state index in [4.69, 9.17) is 0 Å². The first-order valence-corrected chi connectivity index (χ1v) is 9.66. The molecule has 1 saturated carbocycles. The number of thiazole rings is 1. The van der Waals surface area contributed by atoms with E-state index in [2.05, 4.69) is 34.8 Å². The van der Waals surface area contributed by atoms with E-state index in [9.17, 15) is 9.59 Å². The minimum atomic E-state index is -0.219. The van der Waals surface area contributed by atoms with Crippen molar-refractivity contribution in [3.8, 4) is 0 Å². The molecule has 7 heteroatoms. The zero-order chi connectivity index (χ0) is 18.7. The van der Waals surface area contributed by atoms with E-state index in [0.717, 1.165) is 30.1 Å². The minimum Gasteiger partial charge on any atom is -0.361 e. The summed E-state index contributed by atoms with van der Waals surface area (Å²) < 4.78 is 0. The largest absolute Gasteiger partial charge is 0.361 e. The molecule has 0 unspecified atom stereocenters. The molecule has 0 aliphatic heterocycles. The molecule has 3 rings (SSSR count). The van der Waals surface area contributed by atoms with Gasteiger partial charge in [0.15, 0.2) is 5.13 Å². The molecule has 1 aliphatic rings. The summed E-state index contributed by atoms with van der Waals surface area (Å²) in [4.78, 5) is 29.5. The monoisotopic (exact) mass is 372 g/mol. The predicted molar refractivity (Wildman–Crippen MR) is 105 cm³/mol. The van der Waals surface area contributed by atoms with Crippen LogP contribution in [0.15, 0.2) is 24.4 Å².